The van der Waals surface area contributed by atoms with Gasteiger partial charge in [0, 0.05) is 22.6 Å². The van der Waals surface area contributed by atoms with Crippen LogP contribution in [0.4, 0.5) is 0 Å². The minimum absolute atomic E-state index is 0.616. The molecule has 0 radical (unpaired) electrons. The van der Waals surface area contributed by atoms with E-state index in [4.69, 9.17) is 0 Å². The van der Waals surface area contributed by atoms with E-state index in [0.717, 1.165) is 0 Å². The third-order valence-electron chi connectivity index (χ3n) is 4.05. The molecule has 1 saturated carbocycles. The average Bonchev–Trinajstić information content (AvgIpc) is 2.63. The minimum Gasteiger partial charge on any atom is -0.264 e. The van der Waals surface area contributed by atoms with E-state index in [9.17, 15) is 0 Å². The van der Waals surface area contributed by atoms with Crippen molar-refractivity contribution in [3.63, 3.8) is 0 Å². The molecule has 0 amide bonds. The predicted molar refractivity (Wildman–Crippen MR) is 80.3 cm³/mol. The summed E-state index contributed by atoms with van der Waals surface area (Å²) in [6.45, 7) is 0. The Balaban J connectivity index is 2.07. The molecule has 3 rings (SSSR count). The quantitative estimate of drug-likeness (QED) is 0.531. The molecule has 2 aromatic rings. The summed E-state index contributed by atoms with van der Waals surface area (Å²) in [6, 6.07) is 8.76. The van der Waals surface area contributed by atoms with Crippen LogP contribution in [0.3, 0.4) is 0 Å². The number of benzene rings is 1. The van der Waals surface area contributed by atoms with Crippen LogP contribution in [0.2, 0.25) is 0 Å². The summed E-state index contributed by atoms with van der Waals surface area (Å²) in [6.07, 6.45) is 10.6. The van der Waals surface area contributed by atoms with Gasteiger partial charge < -0.3 is 0 Å². The van der Waals surface area contributed by atoms with Crippen LogP contribution in [0.5, 0.6) is 0 Å². The number of halogens is 1. The van der Waals surface area contributed by atoms with Gasteiger partial charge in [-0.25, -0.2) is 0 Å². The zero-order valence-electron chi connectivity index (χ0n) is 10.5. The van der Waals surface area contributed by atoms with Gasteiger partial charge >= 0.3 is 0 Å². The second-order valence-corrected chi connectivity index (χ2v) is 6.38. The Kier molecular flexibility index (Phi) is 3.64. The average molecular weight is 304 g/mol. The second-order valence-electron chi connectivity index (χ2n) is 5.20. The number of alkyl halides is 1. The first-order chi connectivity index (χ1) is 8.86. The molecule has 94 valence electrons. The van der Waals surface area contributed by atoms with E-state index < -0.39 is 0 Å². The number of aromatic nitrogens is 1. The number of hydrogen-bond donors (Lipinski definition) is 0. The van der Waals surface area contributed by atoms with Gasteiger partial charge in [-0.3, -0.25) is 4.98 Å². The van der Waals surface area contributed by atoms with Crippen molar-refractivity contribution in [3.05, 3.63) is 42.2 Å². The Bertz CT molecular complexity index is 532. The Morgan fingerprint density at radius 3 is 2.89 bits per heavy atom. The first-order valence-electron chi connectivity index (χ1n) is 6.83. The van der Waals surface area contributed by atoms with E-state index in [2.05, 4.69) is 45.2 Å². The molecule has 1 nitrogen and oxygen atoms in total. The lowest BCUT2D eigenvalue weighted by atomic mass is 9.88. The zero-order valence-corrected chi connectivity index (χ0v) is 12.1. The van der Waals surface area contributed by atoms with Gasteiger partial charge in [0.1, 0.15) is 0 Å². The van der Waals surface area contributed by atoms with Crippen LogP contribution in [0.15, 0.2) is 36.7 Å². The van der Waals surface area contributed by atoms with Crippen molar-refractivity contribution in [2.75, 3.05) is 0 Å². The molecular formula is C16H18BrN. The van der Waals surface area contributed by atoms with Crippen molar-refractivity contribution < 1.29 is 0 Å². The molecule has 0 aliphatic heterocycles. The summed E-state index contributed by atoms with van der Waals surface area (Å²) in [5, 5.41) is 2.64. The topological polar surface area (TPSA) is 12.9 Å². The number of nitrogens with zero attached hydrogens (tertiary/aromatic N) is 1. The minimum atomic E-state index is 0.616. The molecule has 0 saturated heterocycles. The van der Waals surface area contributed by atoms with Crippen molar-refractivity contribution in [1.82, 2.24) is 4.98 Å². The van der Waals surface area contributed by atoms with Gasteiger partial charge in [0.15, 0.2) is 0 Å². The molecule has 0 N–H and O–H groups in total. The van der Waals surface area contributed by atoms with Crippen molar-refractivity contribution in [2.45, 2.75) is 42.8 Å². The maximum absolute atomic E-state index is 4.30. The summed E-state index contributed by atoms with van der Waals surface area (Å²) >= 11 is 3.91. The third kappa shape index (κ3) is 2.31. The van der Waals surface area contributed by atoms with E-state index >= 15 is 0 Å². The van der Waals surface area contributed by atoms with E-state index in [1.165, 1.54) is 48.4 Å². The normalized spacial score (nSPS) is 24.9. The third-order valence-corrected chi connectivity index (χ3v) is 5.14. The van der Waals surface area contributed by atoms with E-state index in [-0.39, 0.29) is 0 Å². The molecule has 1 aliphatic carbocycles. The Morgan fingerprint density at radius 1 is 1.06 bits per heavy atom. The van der Waals surface area contributed by atoms with Gasteiger partial charge in [0.25, 0.3) is 0 Å². The first kappa shape index (κ1) is 12.2. The molecule has 1 aromatic heterocycles. The van der Waals surface area contributed by atoms with E-state index in [1.807, 2.05) is 12.4 Å². The predicted octanol–water partition coefficient (Wildman–Crippen LogP) is 5.05. The van der Waals surface area contributed by atoms with Gasteiger partial charge in [0.2, 0.25) is 0 Å². The van der Waals surface area contributed by atoms with Gasteiger partial charge in [0.05, 0.1) is 0 Å². The summed E-state index contributed by atoms with van der Waals surface area (Å²) in [5.74, 6) is 0.639. The summed E-state index contributed by atoms with van der Waals surface area (Å²) in [7, 11) is 0. The largest absolute Gasteiger partial charge is 0.264 e. The van der Waals surface area contributed by atoms with Crippen molar-refractivity contribution in [3.8, 4) is 0 Å². The number of hydrogen-bond acceptors (Lipinski definition) is 1. The molecule has 2 heteroatoms. The van der Waals surface area contributed by atoms with Crippen LogP contribution in [0.25, 0.3) is 10.8 Å². The highest BCUT2D eigenvalue weighted by Gasteiger charge is 2.24. The summed E-state index contributed by atoms with van der Waals surface area (Å²) in [4.78, 5) is 4.92. The SMILES string of the molecule is BrC1CCCCCC1c1cccc2ccncc12. The van der Waals surface area contributed by atoms with Crippen LogP contribution >= 0.6 is 15.9 Å². The Hall–Kier alpha value is -0.890. The lowest BCUT2D eigenvalue weighted by Crippen LogP contribution is -2.11. The Morgan fingerprint density at radius 2 is 1.94 bits per heavy atom. The maximum Gasteiger partial charge on any atom is 0.0349 e. The van der Waals surface area contributed by atoms with Crippen LogP contribution in [-0.4, -0.2) is 9.81 Å². The molecule has 1 heterocycles. The highest BCUT2D eigenvalue weighted by Crippen LogP contribution is 2.38. The molecule has 0 bridgehead atoms. The molecular weight excluding hydrogens is 286 g/mol. The highest BCUT2D eigenvalue weighted by atomic mass is 79.9. The maximum atomic E-state index is 4.30. The Labute approximate surface area is 117 Å². The van der Waals surface area contributed by atoms with Gasteiger partial charge in [-0.2, -0.15) is 0 Å². The first-order valence-corrected chi connectivity index (χ1v) is 7.74. The highest BCUT2D eigenvalue weighted by molar-refractivity contribution is 9.09. The van der Waals surface area contributed by atoms with Crippen LogP contribution in [0, 0.1) is 0 Å². The lowest BCUT2D eigenvalue weighted by Gasteiger charge is -2.22. The van der Waals surface area contributed by atoms with Crippen molar-refractivity contribution >= 4 is 26.7 Å². The lowest BCUT2D eigenvalue weighted by molar-refractivity contribution is 0.616. The molecule has 1 fully saturated rings. The molecule has 2 atom stereocenters. The molecule has 18 heavy (non-hydrogen) atoms. The van der Waals surface area contributed by atoms with Gasteiger partial charge in [-0.05, 0) is 35.8 Å². The summed E-state index contributed by atoms with van der Waals surface area (Å²) in [5.41, 5.74) is 1.48. The van der Waals surface area contributed by atoms with E-state index in [1.54, 1.807) is 0 Å². The van der Waals surface area contributed by atoms with E-state index in [0.29, 0.717) is 10.7 Å². The van der Waals surface area contributed by atoms with Gasteiger partial charge in [-0.15, -0.1) is 0 Å². The van der Waals surface area contributed by atoms with Gasteiger partial charge in [-0.1, -0.05) is 53.4 Å². The van der Waals surface area contributed by atoms with Crippen molar-refractivity contribution in [1.29, 1.82) is 0 Å². The summed E-state index contributed by atoms with van der Waals surface area (Å²) < 4.78 is 0. The molecule has 0 spiro atoms. The standard InChI is InChI=1S/C16H18BrN/c17-16-8-3-1-2-6-14(16)13-7-4-5-12-9-10-18-11-15(12)13/h4-5,7,9-11,14,16H,1-3,6,8H2. The molecule has 1 aromatic carbocycles. The number of pyridine rings is 1. The van der Waals surface area contributed by atoms with Crippen LogP contribution in [-0.2, 0) is 0 Å². The fraction of sp³-hybridized carbons (Fsp3) is 0.438. The number of fused-ring (bicyclic) bond motifs is 1. The molecule has 1 aliphatic rings. The monoisotopic (exact) mass is 303 g/mol. The molecule has 2 unspecified atom stereocenters. The second kappa shape index (κ2) is 5.40. The van der Waals surface area contributed by atoms with Crippen molar-refractivity contribution in [2.24, 2.45) is 0 Å². The fourth-order valence-electron chi connectivity index (χ4n) is 3.07. The number of rotatable bonds is 1. The fourth-order valence-corrected chi connectivity index (χ4v) is 3.95. The van der Waals surface area contributed by atoms with Crippen LogP contribution in [0.1, 0.15) is 43.6 Å². The zero-order chi connectivity index (χ0) is 12.4. The van der Waals surface area contributed by atoms with Crippen LogP contribution < -0.4 is 0 Å². The smallest absolute Gasteiger partial charge is 0.0349 e.